The lowest BCUT2D eigenvalue weighted by Gasteiger charge is -2.33. The SMILES string of the molecule is CCC(C)c1ccc(N(c2ccc(C)cc2)c2ccc(C)cc2)cc1.CCCCCCc1ccc(N(c2ccc(C)cc2)c2ccc(C)cc2)cc1.CCCCc1ccc(N(c2ccc(C)cc2)c2ccc(C)cc2)cc1.CCCCc1ccc(N2c3ccc(C)cc3Oc3cc(C)ccc32)cc1.Cc1ccc(N(c2ccc(C)cc2)c2c(C)cc(C(C)(C)C)cc2C)cc1. The molecule has 0 N–H and O–H groups in total. The summed E-state index contributed by atoms with van der Waals surface area (Å²) in [6.07, 6.45) is 14.8. The van der Waals surface area contributed by atoms with E-state index in [1.54, 1.807) is 0 Å². The van der Waals surface area contributed by atoms with Gasteiger partial charge >= 0.3 is 0 Å². The van der Waals surface area contributed by atoms with Gasteiger partial charge in [-0.3, -0.25) is 0 Å². The van der Waals surface area contributed by atoms with E-state index in [0.717, 1.165) is 35.7 Å². The van der Waals surface area contributed by atoms with Gasteiger partial charge in [0.2, 0.25) is 0 Å². The van der Waals surface area contributed by atoms with Gasteiger partial charge in [0.25, 0.3) is 0 Å². The number of unbranched alkanes of at least 4 members (excludes halogenated alkanes) is 5. The number of rotatable bonds is 26. The minimum absolute atomic E-state index is 0.145. The second-order valence-electron chi connectivity index (χ2n) is 37.0. The van der Waals surface area contributed by atoms with Gasteiger partial charge < -0.3 is 29.2 Å². The first kappa shape index (κ1) is 96.2. The van der Waals surface area contributed by atoms with Crippen molar-refractivity contribution in [2.45, 2.75) is 227 Å². The van der Waals surface area contributed by atoms with Crippen LogP contribution in [0.5, 0.6) is 11.5 Å². The van der Waals surface area contributed by atoms with E-state index in [2.05, 4.69) is 503 Å². The van der Waals surface area contributed by atoms with E-state index in [1.165, 1.54) is 233 Å². The molecule has 0 spiro atoms. The summed E-state index contributed by atoms with van der Waals surface area (Å²) in [4.78, 5) is 11.7. The van der Waals surface area contributed by atoms with Gasteiger partial charge in [-0.15, -0.1) is 0 Å². The zero-order valence-electron chi connectivity index (χ0n) is 81.5. The molecule has 0 saturated carbocycles. The predicted molar refractivity (Wildman–Crippen MR) is 565 cm³/mol. The molecule has 1 aliphatic rings. The van der Waals surface area contributed by atoms with Gasteiger partial charge in [0.15, 0.2) is 11.5 Å². The number of nitrogens with zero attached hydrogens (tertiary/aromatic N) is 5. The summed E-state index contributed by atoms with van der Waals surface area (Å²) in [6, 6.07) is 124. The first-order valence-electron chi connectivity index (χ1n) is 47.7. The Hall–Kier alpha value is -12.9. The third kappa shape index (κ3) is 26.2. The zero-order valence-corrected chi connectivity index (χ0v) is 81.5. The third-order valence-electron chi connectivity index (χ3n) is 24.7. The molecule has 16 rings (SSSR count). The second kappa shape index (κ2) is 46.4. The first-order chi connectivity index (χ1) is 62.7. The summed E-state index contributed by atoms with van der Waals surface area (Å²) >= 11 is 0. The van der Waals surface area contributed by atoms with Crippen LogP contribution in [0.4, 0.5) is 85.3 Å². The quantitative estimate of drug-likeness (QED) is 0.0501. The maximum absolute atomic E-state index is 6.23. The van der Waals surface area contributed by atoms with Gasteiger partial charge in [-0.2, -0.15) is 0 Å². The van der Waals surface area contributed by atoms with E-state index < -0.39 is 0 Å². The lowest BCUT2D eigenvalue weighted by molar-refractivity contribution is 0.476. The minimum Gasteiger partial charge on any atom is -0.453 e. The fourth-order valence-corrected chi connectivity index (χ4v) is 16.5. The molecule has 0 bridgehead atoms. The normalized spacial score (nSPS) is 11.5. The van der Waals surface area contributed by atoms with Crippen molar-refractivity contribution in [1.29, 1.82) is 0 Å². The Kier molecular flexibility index (Phi) is 34.3. The topological polar surface area (TPSA) is 25.4 Å². The number of anilines is 15. The van der Waals surface area contributed by atoms with Crippen LogP contribution in [0.3, 0.4) is 0 Å². The van der Waals surface area contributed by atoms with E-state index in [0.29, 0.717) is 5.92 Å². The van der Waals surface area contributed by atoms with Crippen molar-refractivity contribution in [3.63, 3.8) is 0 Å². The number of fused-ring (bicyclic) bond motifs is 2. The van der Waals surface area contributed by atoms with E-state index in [9.17, 15) is 0 Å². The van der Waals surface area contributed by atoms with Crippen LogP contribution in [0, 0.1) is 83.1 Å². The van der Waals surface area contributed by atoms with Crippen molar-refractivity contribution in [1.82, 2.24) is 0 Å². The van der Waals surface area contributed by atoms with Crippen molar-refractivity contribution < 1.29 is 4.74 Å². The maximum Gasteiger partial charge on any atom is 0.151 e. The van der Waals surface area contributed by atoms with Crippen molar-refractivity contribution in [2.24, 2.45) is 0 Å². The first-order valence-corrected chi connectivity index (χ1v) is 47.7. The molecule has 15 aromatic rings. The van der Waals surface area contributed by atoms with E-state index in [-0.39, 0.29) is 5.41 Å². The van der Waals surface area contributed by atoms with Gasteiger partial charge in [0, 0.05) is 68.2 Å². The molecule has 15 aromatic carbocycles. The van der Waals surface area contributed by atoms with Crippen molar-refractivity contribution >= 4 is 85.3 Å². The largest absolute Gasteiger partial charge is 0.453 e. The standard InChI is InChI=1S/2C26H31N.C24H25NO.2C24H27N/c1-18-8-12-23(13-9-18)27(24-14-10-19(2)11-15-24)25-20(3)16-22(17-21(25)4)26(5,6)7;1-4-5-6-7-8-23-13-19-26(20-14-23)27(24-15-9-21(2)10-16-24)25-17-11-22(3)12-18-25;1-4-5-6-19-9-11-20(12-10-19)25-21-13-7-17(2)15-23(21)26-24-16-18(3)8-14-22(24)25;1-5-20(4)21-10-16-24(17-11-21)25(22-12-6-18(2)7-13-22)23-14-8-19(3)9-15-23;1-4-5-6-21-11-17-24(18-12-21)25(22-13-7-19(2)8-14-22)23-15-9-20(3)10-16-23/h8-17H,1-7H3;9-20H,4-8H2,1-3H3;7-16H,4-6H2,1-3H3;6-17,20H,5H2,1-4H3;7-18H,4-6H2,1-3H3. The van der Waals surface area contributed by atoms with E-state index >= 15 is 0 Å². The van der Waals surface area contributed by atoms with Crippen LogP contribution in [-0.2, 0) is 24.7 Å². The smallest absolute Gasteiger partial charge is 0.151 e. The highest BCUT2D eigenvalue weighted by molar-refractivity contribution is 5.88. The van der Waals surface area contributed by atoms with Crippen LogP contribution >= 0.6 is 0 Å². The molecular formula is C124H141N5O. The fourth-order valence-electron chi connectivity index (χ4n) is 16.5. The number of ether oxygens (including phenoxy) is 1. The highest BCUT2D eigenvalue weighted by atomic mass is 16.5. The van der Waals surface area contributed by atoms with Crippen molar-refractivity contribution in [3.05, 3.63) is 434 Å². The van der Waals surface area contributed by atoms with Crippen LogP contribution in [0.1, 0.15) is 214 Å². The molecule has 1 heterocycles. The van der Waals surface area contributed by atoms with Crippen molar-refractivity contribution in [3.8, 4) is 11.5 Å². The Morgan fingerprint density at radius 3 is 0.777 bits per heavy atom. The van der Waals surface area contributed by atoms with Crippen LogP contribution in [0.25, 0.3) is 0 Å². The third-order valence-corrected chi connectivity index (χ3v) is 24.7. The average molecular weight is 1720 g/mol. The molecule has 6 heteroatoms. The van der Waals surface area contributed by atoms with E-state index in [4.69, 9.17) is 4.74 Å². The molecule has 0 saturated heterocycles. The lowest BCUT2D eigenvalue weighted by Crippen LogP contribution is -2.16. The number of aryl methyl sites for hydroxylation is 15. The average Bonchev–Trinajstić information content (AvgIpc) is 0.754. The summed E-state index contributed by atoms with van der Waals surface area (Å²) in [7, 11) is 0. The molecule has 6 nitrogen and oxygen atoms in total. The van der Waals surface area contributed by atoms with Crippen LogP contribution < -0.4 is 29.2 Å². The Balaban J connectivity index is 0.000000147. The fraction of sp³-hybridized carbons (Fsp3) is 0.274. The molecular weight excluding hydrogens is 1580 g/mol. The van der Waals surface area contributed by atoms with Gasteiger partial charge in [-0.05, 0) is 359 Å². The summed E-state index contributed by atoms with van der Waals surface area (Å²) in [6.45, 7) is 43.8. The predicted octanol–water partition coefficient (Wildman–Crippen LogP) is 37.2. The molecule has 0 fully saturated rings. The molecule has 668 valence electrons. The van der Waals surface area contributed by atoms with Gasteiger partial charge in [0.1, 0.15) is 0 Å². The maximum atomic E-state index is 6.23. The summed E-state index contributed by atoms with van der Waals surface area (Å²) in [5.74, 6) is 2.43. The monoisotopic (exact) mass is 1720 g/mol. The number of hydrogen-bond acceptors (Lipinski definition) is 6. The molecule has 0 aromatic heterocycles. The lowest BCUT2D eigenvalue weighted by atomic mass is 9.84. The molecule has 0 amide bonds. The molecule has 1 aliphatic heterocycles. The van der Waals surface area contributed by atoms with Gasteiger partial charge in [-0.1, -0.05) is 302 Å². The van der Waals surface area contributed by atoms with Crippen LogP contribution in [0.2, 0.25) is 0 Å². The van der Waals surface area contributed by atoms with Crippen LogP contribution in [-0.4, -0.2) is 0 Å². The Bertz CT molecular complexity index is 5730. The number of hydrogen-bond donors (Lipinski definition) is 0. The molecule has 0 radical (unpaired) electrons. The highest BCUT2D eigenvalue weighted by Crippen LogP contribution is 2.52. The molecule has 1 unspecified atom stereocenters. The van der Waals surface area contributed by atoms with E-state index in [1.807, 2.05) is 0 Å². The highest BCUT2D eigenvalue weighted by Gasteiger charge is 2.28. The Labute approximate surface area is 782 Å². The Morgan fingerprint density at radius 1 is 0.262 bits per heavy atom. The Morgan fingerprint density at radius 2 is 0.508 bits per heavy atom. The molecule has 1 atom stereocenters. The summed E-state index contributed by atoms with van der Waals surface area (Å²) in [5.41, 5.74) is 40.2. The van der Waals surface area contributed by atoms with Crippen molar-refractivity contribution in [2.75, 3.05) is 24.5 Å². The van der Waals surface area contributed by atoms with Gasteiger partial charge in [-0.25, -0.2) is 0 Å². The van der Waals surface area contributed by atoms with Gasteiger partial charge in [0.05, 0.1) is 17.1 Å². The molecule has 130 heavy (non-hydrogen) atoms. The number of benzene rings is 15. The second-order valence-corrected chi connectivity index (χ2v) is 37.0. The minimum atomic E-state index is 0.145. The zero-order chi connectivity index (χ0) is 92.4. The van der Waals surface area contributed by atoms with Crippen LogP contribution in [0.15, 0.2) is 340 Å². The summed E-state index contributed by atoms with van der Waals surface area (Å²) < 4.78 is 6.23. The molecule has 0 aliphatic carbocycles. The summed E-state index contributed by atoms with van der Waals surface area (Å²) in [5, 5.41) is 0.